The van der Waals surface area contributed by atoms with Gasteiger partial charge in [-0.15, -0.1) is 0 Å². The van der Waals surface area contributed by atoms with E-state index in [9.17, 15) is 4.79 Å². The molecule has 0 aromatic rings. The van der Waals surface area contributed by atoms with Crippen LogP contribution in [0.3, 0.4) is 0 Å². The molecule has 0 unspecified atom stereocenters. The Labute approximate surface area is 84.4 Å². The van der Waals surface area contributed by atoms with E-state index in [4.69, 9.17) is 4.74 Å². The monoisotopic (exact) mass is 198 g/mol. The Kier molecular flexibility index (Phi) is 3.37. The number of rotatable bonds is 4. The molecule has 2 N–H and O–H groups in total. The van der Waals surface area contributed by atoms with Crippen LogP contribution in [0.5, 0.6) is 0 Å². The molecule has 1 amide bonds. The number of ether oxygens (including phenoxy) is 1. The van der Waals surface area contributed by atoms with Crippen LogP contribution >= 0.6 is 0 Å². The molecular weight excluding hydrogens is 180 g/mol. The summed E-state index contributed by atoms with van der Waals surface area (Å²) in [5, 5.41) is 6.16. The Bertz CT molecular complexity index is 198. The molecule has 1 atom stereocenters. The standard InChI is InChI=1S/C10H18N2O2/c13-10(12-8-3-4-8)7-14-9-2-1-5-11-6-9/h8-9,11H,1-7H2,(H,12,13)/t9-/m1/s1. The van der Waals surface area contributed by atoms with Crippen molar-refractivity contribution in [3.8, 4) is 0 Å². The van der Waals surface area contributed by atoms with Crippen molar-refractivity contribution >= 4 is 5.91 Å². The Morgan fingerprint density at radius 3 is 2.93 bits per heavy atom. The quantitative estimate of drug-likeness (QED) is 0.670. The van der Waals surface area contributed by atoms with E-state index in [0.717, 1.165) is 38.8 Å². The van der Waals surface area contributed by atoms with Gasteiger partial charge < -0.3 is 15.4 Å². The second kappa shape index (κ2) is 4.75. The van der Waals surface area contributed by atoms with Gasteiger partial charge in [0.05, 0.1) is 6.10 Å². The number of piperidine rings is 1. The highest BCUT2D eigenvalue weighted by Gasteiger charge is 2.23. The second-order valence-electron chi connectivity index (χ2n) is 4.12. The summed E-state index contributed by atoms with van der Waals surface area (Å²) < 4.78 is 5.50. The Morgan fingerprint density at radius 2 is 2.29 bits per heavy atom. The maximum atomic E-state index is 11.3. The van der Waals surface area contributed by atoms with Crippen molar-refractivity contribution < 1.29 is 9.53 Å². The topological polar surface area (TPSA) is 50.4 Å². The minimum absolute atomic E-state index is 0.0399. The third-order valence-corrected chi connectivity index (χ3v) is 2.64. The molecule has 2 fully saturated rings. The Hall–Kier alpha value is -0.610. The normalized spacial score (nSPS) is 27.3. The average molecular weight is 198 g/mol. The molecule has 2 aliphatic rings. The van der Waals surface area contributed by atoms with Crippen LogP contribution in [0.4, 0.5) is 0 Å². The molecule has 0 radical (unpaired) electrons. The van der Waals surface area contributed by atoms with Crippen molar-refractivity contribution in [3.63, 3.8) is 0 Å². The molecule has 1 saturated carbocycles. The zero-order valence-electron chi connectivity index (χ0n) is 8.42. The summed E-state index contributed by atoms with van der Waals surface area (Å²) in [6.07, 6.45) is 4.72. The largest absolute Gasteiger partial charge is 0.367 e. The molecule has 4 nitrogen and oxygen atoms in total. The van der Waals surface area contributed by atoms with Gasteiger partial charge in [-0.2, -0.15) is 0 Å². The maximum Gasteiger partial charge on any atom is 0.246 e. The van der Waals surface area contributed by atoms with Crippen LogP contribution in [-0.2, 0) is 9.53 Å². The van der Waals surface area contributed by atoms with Gasteiger partial charge >= 0.3 is 0 Å². The summed E-state index contributed by atoms with van der Waals surface area (Å²) >= 11 is 0. The average Bonchev–Trinajstić information content (AvgIpc) is 3.00. The fraction of sp³-hybridized carbons (Fsp3) is 0.900. The fourth-order valence-corrected chi connectivity index (χ4v) is 1.65. The van der Waals surface area contributed by atoms with E-state index in [2.05, 4.69) is 10.6 Å². The lowest BCUT2D eigenvalue weighted by molar-refractivity contribution is -0.128. The number of carbonyl (C=O) groups is 1. The van der Waals surface area contributed by atoms with Crippen LogP contribution in [0.25, 0.3) is 0 Å². The van der Waals surface area contributed by atoms with Crippen LogP contribution in [0.2, 0.25) is 0 Å². The molecule has 1 heterocycles. The van der Waals surface area contributed by atoms with Gasteiger partial charge in [0.2, 0.25) is 5.91 Å². The summed E-state index contributed by atoms with van der Waals surface area (Å²) in [7, 11) is 0. The summed E-state index contributed by atoms with van der Waals surface area (Å²) in [5.41, 5.74) is 0. The third kappa shape index (κ3) is 3.27. The SMILES string of the molecule is O=C(CO[C@@H]1CCCNC1)NC1CC1. The lowest BCUT2D eigenvalue weighted by atomic mass is 10.1. The van der Waals surface area contributed by atoms with Gasteiger partial charge in [-0.3, -0.25) is 4.79 Å². The second-order valence-corrected chi connectivity index (χ2v) is 4.12. The first-order valence-corrected chi connectivity index (χ1v) is 5.46. The highest BCUT2D eigenvalue weighted by Crippen LogP contribution is 2.18. The number of amides is 1. The van der Waals surface area contributed by atoms with Crippen molar-refractivity contribution in [1.82, 2.24) is 10.6 Å². The predicted molar refractivity (Wildman–Crippen MR) is 53.0 cm³/mol. The predicted octanol–water partition coefficient (Wildman–Crippen LogP) is 0.0336. The Morgan fingerprint density at radius 1 is 1.43 bits per heavy atom. The van der Waals surface area contributed by atoms with Gasteiger partial charge in [0, 0.05) is 12.6 Å². The van der Waals surface area contributed by atoms with Crippen molar-refractivity contribution in [2.24, 2.45) is 0 Å². The first-order chi connectivity index (χ1) is 6.84. The first-order valence-electron chi connectivity index (χ1n) is 5.46. The highest BCUT2D eigenvalue weighted by molar-refractivity contribution is 5.77. The van der Waals surface area contributed by atoms with E-state index in [1.165, 1.54) is 0 Å². The van der Waals surface area contributed by atoms with E-state index in [1.54, 1.807) is 0 Å². The van der Waals surface area contributed by atoms with Crippen LogP contribution in [0.15, 0.2) is 0 Å². The third-order valence-electron chi connectivity index (χ3n) is 2.64. The highest BCUT2D eigenvalue weighted by atomic mass is 16.5. The molecule has 0 bridgehead atoms. The van der Waals surface area contributed by atoms with Crippen LogP contribution in [-0.4, -0.2) is 37.7 Å². The molecule has 0 aromatic carbocycles. The van der Waals surface area contributed by atoms with Crippen LogP contribution < -0.4 is 10.6 Å². The van der Waals surface area contributed by atoms with Crippen molar-refractivity contribution in [1.29, 1.82) is 0 Å². The van der Waals surface area contributed by atoms with E-state index < -0.39 is 0 Å². The lowest BCUT2D eigenvalue weighted by Gasteiger charge is -2.22. The number of hydrogen-bond acceptors (Lipinski definition) is 3. The van der Waals surface area contributed by atoms with Crippen molar-refractivity contribution in [3.05, 3.63) is 0 Å². The molecule has 0 spiro atoms. The molecule has 1 aliphatic carbocycles. The molecule has 4 heteroatoms. The number of carbonyl (C=O) groups excluding carboxylic acids is 1. The summed E-state index contributed by atoms with van der Waals surface area (Å²) in [4.78, 5) is 11.3. The molecule has 1 aliphatic heterocycles. The lowest BCUT2D eigenvalue weighted by Crippen LogP contribution is -2.38. The smallest absolute Gasteiger partial charge is 0.246 e. The molecular formula is C10H18N2O2. The van der Waals surface area contributed by atoms with E-state index in [-0.39, 0.29) is 18.6 Å². The van der Waals surface area contributed by atoms with Gasteiger partial charge in [-0.05, 0) is 32.2 Å². The molecule has 0 aromatic heterocycles. The number of hydrogen-bond donors (Lipinski definition) is 2. The fourth-order valence-electron chi connectivity index (χ4n) is 1.65. The minimum Gasteiger partial charge on any atom is -0.367 e. The zero-order valence-corrected chi connectivity index (χ0v) is 8.42. The maximum absolute atomic E-state index is 11.3. The van der Waals surface area contributed by atoms with Gasteiger partial charge in [-0.25, -0.2) is 0 Å². The first kappa shape index (κ1) is 9.93. The number of nitrogens with one attached hydrogen (secondary N) is 2. The zero-order chi connectivity index (χ0) is 9.80. The van der Waals surface area contributed by atoms with Gasteiger partial charge in [0.25, 0.3) is 0 Å². The van der Waals surface area contributed by atoms with E-state index in [0.29, 0.717) is 6.04 Å². The van der Waals surface area contributed by atoms with Gasteiger partial charge in [-0.1, -0.05) is 0 Å². The van der Waals surface area contributed by atoms with Gasteiger partial charge in [0.15, 0.2) is 0 Å². The molecule has 2 rings (SSSR count). The summed E-state index contributed by atoms with van der Waals surface area (Å²) in [6, 6.07) is 0.440. The Balaban J connectivity index is 1.57. The molecule has 80 valence electrons. The molecule has 14 heavy (non-hydrogen) atoms. The summed E-state index contributed by atoms with van der Waals surface area (Å²) in [6.45, 7) is 2.19. The van der Waals surface area contributed by atoms with Gasteiger partial charge in [0.1, 0.15) is 6.61 Å². The van der Waals surface area contributed by atoms with E-state index in [1.807, 2.05) is 0 Å². The van der Waals surface area contributed by atoms with Crippen LogP contribution in [0.1, 0.15) is 25.7 Å². The summed E-state index contributed by atoms with van der Waals surface area (Å²) in [5.74, 6) is 0.0399. The minimum atomic E-state index is 0.0399. The van der Waals surface area contributed by atoms with E-state index >= 15 is 0 Å². The molecule has 1 saturated heterocycles. The van der Waals surface area contributed by atoms with Crippen LogP contribution in [0, 0.1) is 0 Å². The van der Waals surface area contributed by atoms with Crippen molar-refractivity contribution in [2.75, 3.05) is 19.7 Å². The van der Waals surface area contributed by atoms with Crippen molar-refractivity contribution in [2.45, 2.75) is 37.8 Å².